The lowest BCUT2D eigenvalue weighted by Crippen LogP contribution is -2.01. The SMILES string of the molecule is COc1cccc2c1ccn2Cc1nnn(C)n1. The maximum Gasteiger partial charge on any atom is 0.194 e. The van der Waals surface area contributed by atoms with Gasteiger partial charge in [0.2, 0.25) is 0 Å². The van der Waals surface area contributed by atoms with Crippen LogP contribution in [-0.4, -0.2) is 31.9 Å². The van der Waals surface area contributed by atoms with Crippen LogP contribution in [0.2, 0.25) is 0 Å². The molecule has 0 saturated heterocycles. The van der Waals surface area contributed by atoms with Crippen LogP contribution in [-0.2, 0) is 13.6 Å². The molecular weight excluding hydrogens is 230 g/mol. The first kappa shape index (κ1) is 10.8. The van der Waals surface area contributed by atoms with Gasteiger partial charge in [0.15, 0.2) is 5.82 Å². The van der Waals surface area contributed by atoms with Gasteiger partial charge in [0.05, 0.1) is 26.2 Å². The lowest BCUT2D eigenvalue weighted by atomic mass is 10.2. The highest BCUT2D eigenvalue weighted by Crippen LogP contribution is 2.26. The first-order chi connectivity index (χ1) is 8.78. The van der Waals surface area contributed by atoms with Gasteiger partial charge in [-0.05, 0) is 23.4 Å². The van der Waals surface area contributed by atoms with Crippen molar-refractivity contribution in [2.45, 2.75) is 6.54 Å². The van der Waals surface area contributed by atoms with E-state index in [0.717, 1.165) is 16.7 Å². The largest absolute Gasteiger partial charge is 0.496 e. The van der Waals surface area contributed by atoms with E-state index in [1.165, 1.54) is 4.80 Å². The van der Waals surface area contributed by atoms with E-state index in [-0.39, 0.29) is 0 Å². The highest BCUT2D eigenvalue weighted by atomic mass is 16.5. The quantitative estimate of drug-likeness (QED) is 0.694. The Labute approximate surface area is 104 Å². The summed E-state index contributed by atoms with van der Waals surface area (Å²) < 4.78 is 7.41. The Morgan fingerprint density at radius 3 is 2.89 bits per heavy atom. The van der Waals surface area contributed by atoms with Crippen molar-refractivity contribution in [1.82, 2.24) is 24.8 Å². The van der Waals surface area contributed by atoms with Crippen LogP contribution in [0.25, 0.3) is 10.9 Å². The number of ether oxygens (including phenoxy) is 1. The molecule has 92 valence electrons. The van der Waals surface area contributed by atoms with Crippen LogP contribution in [0.15, 0.2) is 30.5 Å². The van der Waals surface area contributed by atoms with Crippen LogP contribution in [0.3, 0.4) is 0 Å². The summed E-state index contributed by atoms with van der Waals surface area (Å²) >= 11 is 0. The van der Waals surface area contributed by atoms with Crippen LogP contribution in [0, 0.1) is 0 Å². The van der Waals surface area contributed by atoms with Gasteiger partial charge in [-0.1, -0.05) is 6.07 Å². The summed E-state index contributed by atoms with van der Waals surface area (Å²) in [4.78, 5) is 1.46. The van der Waals surface area contributed by atoms with E-state index >= 15 is 0 Å². The second-order valence-electron chi connectivity index (χ2n) is 4.03. The molecule has 0 atom stereocenters. The van der Waals surface area contributed by atoms with Gasteiger partial charge in [0.25, 0.3) is 0 Å². The van der Waals surface area contributed by atoms with Gasteiger partial charge in [-0.3, -0.25) is 0 Å². The van der Waals surface area contributed by atoms with E-state index < -0.39 is 0 Å². The number of aromatic nitrogens is 5. The highest BCUT2D eigenvalue weighted by molar-refractivity contribution is 5.86. The maximum atomic E-state index is 5.33. The number of benzene rings is 1. The Morgan fingerprint density at radius 2 is 2.17 bits per heavy atom. The molecule has 2 heterocycles. The normalized spacial score (nSPS) is 11.0. The molecule has 0 aliphatic heterocycles. The molecule has 0 unspecified atom stereocenters. The van der Waals surface area contributed by atoms with Crippen LogP contribution in [0.1, 0.15) is 5.82 Å². The molecule has 6 heteroatoms. The van der Waals surface area contributed by atoms with Crippen molar-refractivity contribution < 1.29 is 4.74 Å². The molecule has 2 aromatic heterocycles. The van der Waals surface area contributed by atoms with Gasteiger partial charge in [0.1, 0.15) is 5.75 Å². The van der Waals surface area contributed by atoms with Crippen molar-refractivity contribution >= 4 is 10.9 Å². The molecule has 1 aromatic carbocycles. The van der Waals surface area contributed by atoms with Crippen LogP contribution < -0.4 is 4.74 Å². The number of fused-ring (bicyclic) bond motifs is 1. The lowest BCUT2D eigenvalue weighted by Gasteiger charge is -2.04. The van der Waals surface area contributed by atoms with Gasteiger partial charge in [-0.25, -0.2) is 0 Å². The molecule has 0 aliphatic rings. The molecule has 0 amide bonds. The average molecular weight is 243 g/mol. The summed E-state index contributed by atoms with van der Waals surface area (Å²) in [6.07, 6.45) is 2.00. The molecule has 3 rings (SSSR count). The summed E-state index contributed by atoms with van der Waals surface area (Å²) in [5.41, 5.74) is 1.10. The Morgan fingerprint density at radius 1 is 1.28 bits per heavy atom. The van der Waals surface area contributed by atoms with E-state index in [2.05, 4.69) is 20.0 Å². The summed E-state index contributed by atoms with van der Waals surface area (Å²) in [6.45, 7) is 0.602. The zero-order valence-electron chi connectivity index (χ0n) is 10.2. The third-order valence-corrected chi connectivity index (χ3v) is 2.86. The van der Waals surface area contributed by atoms with Crippen molar-refractivity contribution in [2.75, 3.05) is 7.11 Å². The van der Waals surface area contributed by atoms with Crippen molar-refractivity contribution in [1.29, 1.82) is 0 Å². The summed E-state index contributed by atoms with van der Waals surface area (Å²) in [7, 11) is 3.43. The molecular formula is C12H13N5O. The van der Waals surface area contributed by atoms with Gasteiger partial charge < -0.3 is 9.30 Å². The number of tetrazole rings is 1. The number of rotatable bonds is 3. The fraction of sp³-hybridized carbons (Fsp3) is 0.250. The van der Waals surface area contributed by atoms with E-state index in [1.807, 2.05) is 30.5 Å². The second kappa shape index (κ2) is 4.14. The van der Waals surface area contributed by atoms with Gasteiger partial charge >= 0.3 is 0 Å². The second-order valence-corrected chi connectivity index (χ2v) is 4.03. The van der Waals surface area contributed by atoms with Gasteiger partial charge in [-0.15, -0.1) is 10.2 Å². The maximum absolute atomic E-state index is 5.33. The number of hydrogen-bond acceptors (Lipinski definition) is 4. The molecule has 18 heavy (non-hydrogen) atoms. The van der Waals surface area contributed by atoms with Crippen molar-refractivity contribution in [2.24, 2.45) is 7.05 Å². The monoisotopic (exact) mass is 243 g/mol. The zero-order valence-corrected chi connectivity index (χ0v) is 10.2. The molecule has 3 aromatic rings. The topological polar surface area (TPSA) is 57.8 Å². The van der Waals surface area contributed by atoms with Crippen molar-refractivity contribution in [3.8, 4) is 5.75 Å². The lowest BCUT2D eigenvalue weighted by molar-refractivity contribution is 0.420. The fourth-order valence-corrected chi connectivity index (χ4v) is 2.05. The molecule has 0 aliphatic carbocycles. The zero-order chi connectivity index (χ0) is 12.5. The van der Waals surface area contributed by atoms with Crippen molar-refractivity contribution in [3.63, 3.8) is 0 Å². The summed E-state index contributed by atoms with van der Waals surface area (Å²) in [5.74, 6) is 1.57. The van der Waals surface area contributed by atoms with Gasteiger partial charge in [0, 0.05) is 11.6 Å². The fourth-order valence-electron chi connectivity index (χ4n) is 2.05. The first-order valence-corrected chi connectivity index (χ1v) is 5.62. The molecule has 6 nitrogen and oxygen atoms in total. The van der Waals surface area contributed by atoms with E-state index in [4.69, 9.17) is 4.74 Å². The third-order valence-electron chi connectivity index (χ3n) is 2.86. The minimum Gasteiger partial charge on any atom is -0.496 e. The first-order valence-electron chi connectivity index (χ1n) is 5.62. The minimum absolute atomic E-state index is 0.602. The number of nitrogens with zero attached hydrogens (tertiary/aromatic N) is 5. The van der Waals surface area contributed by atoms with E-state index in [1.54, 1.807) is 14.2 Å². The molecule has 0 bridgehead atoms. The van der Waals surface area contributed by atoms with Crippen LogP contribution >= 0.6 is 0 Å². The van der Waals surface area contributed by atoms with Crippen molar-refractivity contribution in [3.05, 3.63) is 36.3 Å². The summed E-state index contributed by atoms with van der Waals surface area (Å²) in [5, 5.41) is 13.1. The number of methoxy groups -OCH3 is 1. The Kier molecular flexibility index (Phi) is 2.47. The Balaban J connectivity index is 2.02. The minimum atomic E-state index is 0.602. The predicted molar refractivity (Wildman–Crippen MR) is 66.4 cm³/mol. The predicted octanol–water partition coefficient (Wildman–Crippen LogP) is 1.22. The van der Waals surface area contributed by atoms with E-state index in [0.29, 0.717) is 12.4 Å². The summed E-state index contributed by atoms with van der Waals surface area (Å²) in [6, 6.07) is 8.01. The van der Waals surface area contributed by atoms with Crippen LogP contribution in [0.4, 0.5) is 0 Å². The number of hydrogen-bond donors (Lipinski definition) is 0. The molecule has 0 saturated carbocycles. The molecule has 0 N–H and O–H groups in total. The Hall–Kier alpha value is -2.37. The van der Waals surface area contributed by atoms with E-state index in [9.17, 15) is 0 Å². The molecule has 0 radical (unpaired) electrons. The third kappa shape index (κ3) is 1.71. The molecule has 0 spiro atoms. The highest BCUT2D eigenvalue weighted by Gasteiger charge is 2.08. The smallest absolute Gasteiger partial charge is 0.194 e. The number of aryl methyl sites for hydroxylation is 1. The molecule has 0 fully saturated rings. The Bertz CT molecular complexity index is 685. The van der Waals surface area contributed by atoms with Crippen LogP contribution in [0.5, 0.6) is 5.75 Å². The average Bonchev–Trinajstić information content (AvgIpc) is 2.97. The standard InChI is InChI=1S/C12H13N5O/c1-16-14-12(13-15-16)8-17-7-6-9-10(17)4-3-5-11(9)18-2/h3-7H,8H2,1-2H3. The van der Waals surface area contributed by atoms with Gasteiger partial charge in [-0.2, -0.15) is 4.80 Å².